The second-order valence-electron chi connectivity index (χ2n) is 5.28. The maximum absolute atomic E-state index is 3.71. The molecule has 2 unspecified atom stereocenters. The highest BCUT2D eigenvalue weighted by atomic mass is 79.9. The zero-order valence-corrected chi connectivity index (χ0v) is 13.7. The molecule has 0 aliphatic heterocycles. The molecular formula is C16H26BrN. The van der Waals surface area contributed by atoms with Gasteiger partial charge >= 0.3 is 0 Å². The molecule has 0 aliphatic carbocycles. The van der Waals surface area contributed by atoms with Crippen LogP contribution in [0.4, 0.5) is 0 Å². The molecule has 0 amide bonds. The van der Waals surface area contributed by atoms with E-state index in [0.717, 1.165) is 12.5 Å². The van der Waals surface area contributed by atoms with Crippen LogP contribution in [0.25, 0.3) is 0 Å². The summed E-state index contributed by atoms with van der Waals surface area (Å²) in [5.74, 6) is 0.757. The molecule has 2 heteroatoms. The number of hydrogen-bond acceptors (Lipinski definition) is 1. The van der Waals surface area contributed by atoms with E-state index in [1.54, 1.807) is 0 Å². The minimum atomic E-state index is 0.467. The Bertz CT molecular complexity index is 362. The lowest BCUT2D eigenvalue weighted by Crippen LogP contribution is -2.24. The topological polar surface area (TPSA) is 12.0 Å². The Morgan fingerprint density at radius 3 is 2.56 bits per heavy atom. The van der Waals surface area contributed by atoms with Crippen LogP contribution in [0.3, 0.4) is 0 Å². The van der Waals surface area contributed by atoms with Gasteiger partial charge in [-0.15, -0.1) is 0 Å². The number of nitrogens with one attached hydrogen (secondary N) is 1. The normalized spacial score (nSPS) is 14.5. The van der Waals surface area contributed by atoms with Gasteiger partial charge < -0.3 is 5.32 Å². The monoisotopic (exact) mass is 311 g/mol. The summed E-state index contributed by atoms with van der Waals surface area (Å²) in [6.45, 7) is 10.0. The molecule has 0 aromatic heterocycles. The molecule has 0 bridgehead atoms. The first kappa shape index (κ1) is 15.7. The summed E-state index contributed by atoms with van der Waals surface area (Å²) in [7, 11) is 0. The van der Waals surface area contributed by atoms with E-state index in [4.69, 9.17) is 0 Å². The van der Waals surface area contributed by atoms with Crippen LogP contribution < -0.4 is 5.32 Å². The van der Waals surface area contributed by atoms with Gasteiger partial charge in [-0.2, -0.15) is 0 Å². The minimum Gasteiger partial charge on any atom is -0.310 e. The van der Waals surface area contributed by atoms with E-state index >= 15 is 0 Å². The van der Waals surface area contributed by atoms with Crippen molar-refractivity contribution in [3.8, 4) is 0 Å². The van der Waals surface area contributed by atoms with Crippen LogP contribution in [0.1, 0.15) is 57.2 Å². The molecule has 1 nitrogen and oxygen atoms in total. The zero-order chi connectivity index (χ0) is 13.5. The first-order valence-corrected chi connectivity index (χ1v) is 7.87. The van der Waals surface area contributed by atoms with Gasteiger partial charge in [-0.3, -0.25) is 0 Å². The van der Waals surface area contributed by atoms with Crippen molar-refractivity contribution in [3.05, 3.63) is 33.8 Å². The van der Waals surface area contributed by atoms with Crippen LogP contribution in [0.15, 0.2) is 22.7 Å². The van der Waals surface area contributed by atoms with Gasteiger partial charge in [0, 0.05) is 10.5 Å². The Balaban J connectivity index is 2.86. The second kappa shape index (κ2) is 7.96. The molecule has 0 radical (unpaired) electrons. The molecule has 1 aromatic carbocycles. The highest BCUT2D eigenvalue weighted by Gasteiger charge is 2.16. The summed E-state index contributed by atoms with van der Waals surface area (Å²) in [6, 6.07) is 7.15. The summed E-state index contributed by atoms with van der Waals surface area (Å²) in [5, 5.41) is 3.68. The van der Waals surface area contributed by atoms with Crippen LogP contribution in [0, 0.1) is 12.8 Å². The summed E-state index contributed by atoms with van der Waals surface area (Å²) >= 11 is 3.71. The van der Waals surface area contributed by atoms with Gasteiger partial charge in [0.05, 0.1) is 0 Å². The molecule has 1 aromatic rings. The lowest BCUT2D eigenvalue weighted by atomic mass is 9.93. The van der Waals surface area contributed by atoms with E-state index in [1.165, 1.54) is 34.9 Å². The molecule has 2 atom stereocenters. The molecule has 18 heavy (non-hydrogen) atoms. The van der Waals surface area contributed by atoms with E-state index in [2.05, 4.69) is 67.1 Å². The van der Waals surface area contributed by atoms with Crippen molar-refractivity contribution in [1.82, 2.24) is 5.32 Å². The van der Waals surface area contributed by atoms with Gasteiger partial charge in [-0.25, -0.2) is 0 Å². The summed E-state index contributed by atoms with van der Waals surface area (Å²) in [4.78, 5) is 0. The Morgan fingerprint density at radius 1 is 1.28 bits per heavy atom. The Hall–Kier alpha value is -0.340. The predicted molar refractivity (Wildman–Crippen MR) is 84.0 cm³/mol. The molecule has 0 saturated heterocycles. The van der Waals surface area contributed by atoms with Crippen LogP contribution in [0.5, 0.6) is 0 Å². The highest BCUT2D eigenvalue weighted by Crippen LogP contribution is 2.29. The zero-order valence-electron chi connectivity index (χ0n) is 12.1. The predicted octanol–water partition coefficient (Wildman–Crippen LogP) is 5.23. The van der Waals surface area contributed by atoms with Crippen LogP contribution in [-0.4, -0.2) is 6.54 Å². The fourth-order valence-electron chi connectivity index (χ4n) is 2.12. The van der Waals surface area contributed by atoms with Crippen molar-refractivity contribution in [2.75, 3.05) is 6.54 Å². The molecule has 0 heterocycles. The quantitative estimate of drug-likeness (QED) is 0.726. The van der Waals surface area contributed by atoms with E-state index < -0.39 is 0 Å². The van der Waals surface area contributed by atoms with Crippen molar-refractivity contribution < 1.29 is 0 Å². The first-order chi connectivity index (χ1) is 8.58. The van der Waals surface area contributed by atoms with Crippen molar-refractivity contribution in [3.63, 3.8) is 0 Å². The highest BCUT2D eigenvalue weighted by molar-refractivity contribution is 9.10. The fraction of sp³-hybridized carbons (Fsp3) is 0.625. The maximum atomic E-state index is 3.71. The molecule has 0 aliphatic rings. The number of benzene rings is 1. The van der Waals surface area contributed by atoms with E-state index in [9.17, 15) is 0 Å². The van der Waals surface area contributed by atoms with Crippen molar-refractivity contribution >= 4 is 15.9 Å². The second-order valence-corrected chi connectivity index (χ2v) is 6.14. The molecule has 0 spiro atoms. The van der Waals surface area contributed by atoms with Crippen LogP contribution in [0.2, 0.25) is 0 Å². The summed E-state index contributed by atoms with van der Waals surface area (Å²) < 4.78 is 1.24. The number of rotatable bonds is 7. The average Bonchev–Trinajstić information content (AvgIpc) is 2.34. The molecule has 1 N–H and O–H groups in total. The minimum absolute atomic E-state index is 0.467. The lowest BCUT2D eigenvalue weighted by Gasteiger charge is -2.23. The standard InChI is InChI=1S/C16H26BrN/c1-5-9-18-16(11-12(3)6-2)14-8-7-13(4)10-15(14)17/h7-8,10,12,16,18H,5-6,9,11H2,1-4H3. The molecule has 0 fully saturated rings. The van der Waals surface area contributed by atoms with Gasteiger partial charge in [0.2, 0.25) is 0 Å². The van der Waals surface area contributed by atoms with Crippen molar-refractivity contribution in [2.24, 2.45) is 5.92 Å². The molecule has 0 saturated carbocycles. The third-order valence-electron chi connectivity index (χ3n) is 3.51. The fourth-order valence-corrected chi connectivity index (χ4v) is 2.89. The summed E-state index contributed by atoms with van der Waals surface area (Å²) in [5.41, 5.74) is 2.71. The van der Waals surface area contributed by atoms with E-state index in [1.807, 2.05) is 0 Å². The van der Waals surface area contributed by atoms with Crippen LogP contribution >= 0.6 is 15.9 Å². The Morgan fingerprint density at radius 2 is 2.00 bits per heavy atom. The van der Waals surface area contributed by atoms with E-state index in [0.29, 0.717) is 6.04 Å². The van der Waals surface area contributed by atoms with Gasteiger partial charge in [-0.05, 0) is 49.4 Å². The smallest absolute Gasteiger partial charge is 0.0333 e. The van der Waals surface area contributed by atoms with Gasteiger partial charge in [-0.1, -0.05) is 55.3 Å². The SMILES string of the molecule is CCCNC(CC(C)CC)c1ccc(C)cc1Br. The third kappa shape index (κ3) is 4.74. The van der Waals surface area contributed by atoms with Gasteiger partial charge in [0.1, 0.15) is 0 Å². The number of halogens is 1. The van der Waals surface area contributed by atoms with Crippen molar-refractivity contribution in [2.45, 2.75) is 53.0 Å². The molecule has 102 valence electrons. The van der Waals surface area contributed by atoms with Crippen LogP contribution in [-0.2, 0) is 0 Å². The van der Waals surface area contributed by atoms with Crippen molar-refractivity contribution in [1.29, 1.82) is 0 Å². The third-order valence-corrected chi connectivity index (χ3v) is 4.19. The average molecular weight is 312 g/mol. The van der Waals surface area contributed by atoms with E-state index in [-0.39, 0.29) is 0 Å². The largest absolute Gasteiger partial charge is 0.310 e. The number of hydrogen-bond donors (Lipinski definition) is 1. The summed E-state index contributed by atoms with van der Waals surface area (Å²) in [6.07, 6.45) is 3.63. The van der Waals surface area contributed by atoms with Gasteiger partial charge in [0.25, 0.3) is 0 Å². The Labute approximate surface area is 120 Å². The first-order valence-electron chi connectivity index (χ1n) is 7.07. The lowest BCUT2D eigenvalue weighted by molar-refractivity contribution is 0.401. The number of aryl methyl sites for hydroxylation is 1. The Kier molecular flexibility index (Phi) is 6.95. The molecule has 1 rings (SSSR count). The maximum Gasteiger partial charge on any atom is 0.0333 e. The van der Waals surface area contributed by atoms with Gasteiger partial charge in [0.15, 0.2) is 0 Å². The molecular weight excluding hydrogens is 286 g/mol.